The molecule has 8 heteroatoms. The van der Waals surface area contributed by atoms with Crippen molar-refractivity contribution in [3.63, 3.8) is 0 Å². The van der Waals surface area contributed by atoms with Gasteiger partial charge in [-0.2, -0.15) is 0 Å². The third kappa shape index (κ3) is 6.91. The average molecular weight is 467 g/mol. The zero-order chi connectivity index (χ0) is 24.5. The highest BCUT2D eigenvalue weighted by Crippen LogP contribution is 2.27. The fourth-order valence-electron chi connectivity index (χ4n) is 3.76. The summed E-state index contributed by atoms with van der Waals surface area (Å²) in [5, 5.41) is 2.75. The molecule has 1 aliphatic heterocycles. The van der Waals surface area contributed by atoms with Gasteiger partial charge in [0.05, 0.1) is 12.5 Å². The minimum absolute atomic E-state index is 0.0490. The number of aryl methyl sites for hydroxylation is 1. The lowest BCUT2D eigenvalue weighted by molar-refractivity contribution is -0.147. The van der Waals surface area contributed by atoms with Gasteiger partial charge in [-0.05, 0) is 49.6 Å². The standard InChI is InChI=1S/C26H30N2O6/c1-3-33-23-12-10-22(11-13-23)28-16-21(15-25(28)31)26(32)34-17-24(30)20-8-6-19(7-9-20)5-4-14-27-18(2)29/h6-13,21H,3-5,14-17H2,1-2H3,(H,27,29). The number of hydrogen-bond acceptors (Lipinski definition) is 6. The van der Waals surface area contributed by atoms with Gasteiger partial charge < -0.3 is 19.7 Å². The molecule has 2 amide bonds. The Kier molecular flexibility index (Phi) is 8.79. The van der Waals surface area contributed by atoms with Gasteiger partial charge in [-0.1, -0.05) is 24.3 Å². The van der Waals surface area contributed by atoms with Crippen LogP contribution in [0, 0.1) is 5.92 Å². The van der Waals surface area contributed by atoms with Crippen molar-refractivity contribution in [3.8, 4) is 5.75 Å². The number of anilines is 1. The maximum Gasteiger partial charge on any atom is 0.311 e. The normalized spacial score (nSPS) is 15.2. The van der Waals surface area contributed by atoms with E-state index < -0.39 is 11.9 Å². The fourth-order valence-corrected chi connectivity index (χ4v) is 3.76. The van der Waals surface area contributed by atoms with Crippen LogP contribution >= 0.6 is 0 Å². The first-order valence-corrected chi connectivity index (χ1v) is 11.4. The molecular weight excluding hydrogens is 436 g/mol. The van der Waals surface area contributed by atoms with Gasteiger partial charge in [0, 0.05) is 37.7 Å². The molecule has 1 fully saturated rings. The molecule has 0 radical (unpaired) electrons. The second-order valence-electron chi connectivity index (χ2n) is 8.15. The second kappa shape index (κ2) is 12.0. The van der Waals surface area contributed by atoms with Gasteiger partial charge in [-0.15, -0.1) is 0 Å². The number of Topliss-reactive ketones (excluding diaryl/α,β-unsaturated/α-hetero) is 1. The summed E-state index contributed by atoms with van der Waals surface area (Å²) in [6.45, 7) is 4.38. The maximum atomic E-state index is 12.5. The van der Waals surface area contributed by atoms with E-state index in [1.54, 1.807) is 41.3 Å². The lowest BCUT2D eigenvalue weighted by Crippen LogP contribution is -2.27. The molecule has 1 unspecified atom stereocenters. The minimum Gasteiger partial charge on any atom is -0.494 e. The lowest BCUT2D eigenvalue weighted by atomic mass is 10.1. The highest BCUT2D eigenvalue weighted by atomic mass is 16.5. The van der Waals surface area contributed by atoms with E-state index in [9.17, 15) is 19.2 Å². The summed E-state index contributed by atoms with van der Waals surface area (Å²) >= 11 is 0. The number of carbonyl (C=O) groups excluding carboxylic acids is 4. The van der Waals surface area contributed by atoms with E-state index in [0.29, 0.717) is 30.2 Å². The summed E-state index contributed by atoms with van der Waals surface area (Å²) in [4.78, 5) is 49.8. The molecule has 2 aromatic rings. The third-order valence-electron chi connectivity index (χ3n) is 5.56. The Morgan fingerprint density at radius 2 is 1.76 bits per heavy atom. The minimum atomic E-state index is -0.613. The number of benzene rings is 2. The van der Waals surface area contributed by atoms with Crippen LogP contribution in [0.1, 0.15) is 42.6 Å². The van der Waals surface area contributed by atoms with Gasteiger partial charge in [-0.25, -0.2) is 0 Å². The van der Waals surface area contributed by atoms with Crippen LogP contribution in [0.15, 0.2) is 48.5 Å². The van der Waals surface area contributed by atoms with Crippen LogP contribution in [0.4, 0.5) is 5.69 Å². The number of ketones is 1. The van der Waals surface area contributed by atoms with E-state index in [4.69, 9.17) is 9.47 Å². The number of carbonyl (C=O) groups is 4. The van der Waals surface area contributed by atoms with Crippen LogP contribution in [-0.4, -0.2) is 49.9 Å². The Morgan fingerprint density at radius 1 is 1.06 bits per heavy atom. The van der Waals surface area contributed by atoms with Gasteiger partial charge >= 0.3 is 5.97 Å². The zero-order valence-corrected chi connectivity index (χ0v) is 19.5. The quantitative estimate of drug-likeness (QED) is 0.310. The number of hydrogen-bond donors (Lipinski definition) is 1. The second-order valence-corrected chi connectivity index (χ2v) is 8.15. The Hall–Kier alpha value is -3.68. The van der Waals surface area contributed by atoms with E-state index in [0.717, 1.165) is 18.4 Å². The van der Waals surface area contributed by atoms with E-state index in [1.165, 1.54) is 6.92 Å². The van der Waals surface area contributed by atoms with Crippen molar-refractivity contribution in [2.45, 2.75) is 33.1 Å². The van der Waals surface area contributed by atoms with Gasteiger partial charge in [0.1, 0.15) is 5.75 Å². The lowest BCUT2D eigenvalue weighted by Gasteiger charge is -2.17. The number of esters is 1. The largest absolute Gasteiger partial charge is 0.494 e. The predicted molar refractivity (Wildman–Crippen MR) is 127 cm³/mol. The Bertz CT molecular complexity index is 1020. The van der Waals surface area contributed by atoms with Crippen LogP contribution < -0.4 is 15.0 Å². The first-order chi connectivity index (χ1) is 16.4. The third-order valence-corrected chi connectivity index (χ3v) is 5.56. The zero-order valence-electron chi connectivity index (χ0n) is 19.5. The highest BCUT2D eigenvalue weighted by Gasteiger charge is 2.36. The molecule has 1 atom stereocenters. The molecule has 180 valence electrons. The maximum absolute atomic E-state index is 12.5. The predicted octanol–water partition coefficient (Wildman–Crippen LogP) is 2.93. The number of ether oxygens (including phenoxy) is 2. The van der Waals surface area contributed by atoms with Gasteiger partial charge in [0.25, 0.3) is 0 Å². The first kappa shape index (κ1) is 25.0. The van der Waals surface area contributed by atoms with E-state index in [1.807, 2.05) is 19.1 Å². The smallest absolute Gasteiger partial charge is 0.311 e. The fraction of sp³-hybridized carbons (Fsp3) is 0.385. The molecule has 34 heavy (non-hydrogen) atoms. The summed E-state index contributed by atoms with van der Waals surface area (Å²) in [7, 11) is 0. The van der Waals surface area contributed by atoms with E-state index >= 15 is 0 Å². The van der Waals surface area contributed by atoms with Gasteiger partial charge in [0.2, 0.25) is 11.8 Å². The highest BCUT2D eigenvalue weighted by molar-refractivity contribution is 6.01. The van der Waals surface area contributed by atoms with Crippen molar-refractivity contribution in [2.75, 3.05) is 31.2 Å². The van der Waals surface area contributed by atoms with Crippen LogP contribution in [0.3, 0.4) is 0 Å². The molecule has 1 aliphatic rings. The SMILES string of the molecule is CCOc1ccc(N2CC(C(=O)OCC(=O)c3ccc(CCCNC(C)=O)cc3)CC2=O)cc1. The molecule has 0 aromatic heterocycles. The van der Waals surface area contributed by atoms with E-state index in [2.05, 4.69) is 5.32 Å². The summed E-state index contributed by atoms with van der Waals surface area (Å²) in [5.74, 6) is -0.966. The molecule has 1 saturated heterocycles. The average Bonchev–Trinajstić information content (AvgIpc) is 3.22. The van der Waals surface area contributed by atoms with Crippen LogP contribution in [0.25, 0.3) is 0 Å². The van der Waals surface area contributed by atoms with Gasteiger partial charge in [-0.3, -0.25) is 19.2 Å². The van der Waals surface area contributed by atoms with Crippen LogP contribution in [-0.2, 0) is 25.5 Å². The monoisotopic (exact) mass is 466 g/mol. The van der Waals surface area contributed by atoms with Crippen molar-refractivity contribution in [3.05, 3.63) is 59.7 Å². The Morgan fingerprint density at radius 3 is 2.41 bits per heavy atom. The molecule has 0 aliphatic carbocycles. The molecule has 2 aromatic carbocycles. The number of amides is 2. The van der Waals surface area contributed by atoms with E-state index in [-0.39, 0.29) is 37.2 Å². The molecule has 8 nitrogen and oxygen atoms in total. The summed E-state index contributed by atoms with van der Waals surface area (Å²) in [6.07, 6.45) is 1.63. The number of nitrogens with one attached hydrogen (secondary N) is 1. The van der Waals surface area contributed by atoms with Crippen LogP contribution in [0.2, 0.25) is 0 Å². The van der Waals surface area contributed by atoms with Crippen molar-refractivity contribution < 1.29 is 28.7 Å². The summed E-state index contributed by atoms with van der Waals surface area (Å²) in [6, 6.07) is 14.2. The molecular formula is C26H30N2O6. The summed E-state index contributed by atoms with van der Waals surface area (Å²) < 4.78 is 10.6. The molecule has 1 heterocycles. The number of rotatable bonds is 11. The molecule has 1 N–H and O–H groups in total. The topological polar surface area (TPSA) is 102 Å². The first-order valence-electron chi connectivity index (χ1n) is 11.4. The van der Waals surface area contributed by atoms with Crippen molar-refractivity contribution in [1.29, 1.82) is 0 Å². The molecule has 3 rings (SSSR count). The van der Waals surface area contributed by atoms with Crippen LogP contribution in [0.5, 0.6) is 5.75 Å². The Labute approximate surface area is 199 Å². The van der Waals surface area contributed by atoms with Crippen molar-refractivity contribution in [1.82, 2.24) is 5.32 Å². The molecule has 0 bridgehead atoms. The van der Waals surface area contributed by atoms with Crippen molar-refractivity contribution >= 4 is 29.3 Å². The Balaban J connectivity index is 1.46. The molecule has 0 saturated carbocycles. The number of nitrogens with zero attached hydrogens (tertiary/aromatic N) is 1. The summed E-state index contributed by atoms with van der Waals surface area (Å²) in [5.41, 5.74) is 2.20. The van der Waals surface area contributed by atoms with Gasteiger partial charge in [0.15, 0.2) is 12.4 Å². The molecule has 0 spiro atoms. The van der Waals surface area contributed by atoms with Crippen molar-refractivity contribution in [2.24, 2.45) is 5.92 Å².